The lowest BCUT2D eigenvalue weighted by Crippen LogP contribution is -2.50. The summed E-state index contributed by atoms with van der Waals surface area (Å²) in [5, 5.41) is 0. The van der Waals surface area contributed by atoms with Crippen molar-refractivity contribution in [3.8, 4) is 0 Å². The van der Waals surface area contributed by atoms with Gasteiger partial charge in [-0.15, -0.1) is 11.3 Å². The summed E-state index contributed by atoms with van der Waals surface area (Å²) in [6, 6.07) is 7.64. The Kier molecular flexibility index (Phi) is 6.92. The molecule has 1 saturated heterocycles. The van der Waals surface area contributed by atoms with Crippen LogP contribution in [0.3, 0.4) is 0 Å². The van der Waals surface area contributed by atoms with Gasteiger partial charge in [0.1, 0.15) is 0 Å². The maximum atomic E-state index is 12.9. The van der Waals surface area contributed by atoms with Crippen LogP contribution < -0.4 is 10.9 Å². The summed E-state index contributed by atoms with van der Waals surface area (Å²) in [6.45, 7) is 8.96. The van der Waals surface area contributed by atoms with E-state index < -0.39 is 0 Å². The molecule has 1 aromatic heterocycles. The van der Waals surface area contributed by atoms with Crippen LogP contribution in [0.4, 0.5) is 0 Å². The number of amides is 3. The molecule has 1 fully saturated rings. The molecule has 7 heteroatoms. The number of benzene rings is 1. The summed E-state index contributed by atoms with van der Waals surface area (Å²) in [4.78, 5) is 41.4. The first kappa shape index (κ1) is 22.0. The zero-order valence-electron chi connectivity index (χ0n) is 18.0. The zero-order valence-corrected chi connectivity index (χ0v) is 18.8. The Bertz CT molecular complexity index is 946. The monoisotopic (exact) mass is 427 g/mol. The molecule has 0 bridgehead atoms. The molecule has 160 valence electrons. The zero-order chi connectivity index (χ0) is 21.8. The fourth-order valence-electron chi connectivity index (χ4n) is 3.92. The lowest BCUT2D eigenvalue weighted by Gasteiger charge is -2.32. The molecule has 1 aliphatic rings. The van der Waals surface area contributed by atoms with Crippen molar-refractivity contribution in [3.05, 3.63) is 56.3 Å². The maximum Gasteiger partial charge on any atom is 0.279 e. The topological polar surface area (TPSA) is 78.5 Å². The molecule has 0 radical (unpaired) electrons. The van der Waals surface area contributed by atoms with E-state index in [1.807, 2.05) is 45.0 Å². The van der Waals surface area contributed by atoms with E-state index in [0.717, 1.165) is 29.5 Å². The van der Waals surface area contributed by atoms with Crippen molar-refractivity contribution in [2.75, 3.05) is 13.1 Å². The average molecular weight is 428 g/mol. The second kappa shape index (κ2) is 9.43. The van der Waals surface area contributed by atoms with Gasteiger partial charge < -0.3 is 4.90 Å². The summed E-state index contributed by atoms with van der Waals surface area (Å²) in [7, 11) is 0. The average Bonchev–Trinajstić information content (AvgIpc) is 3.11. The van der Waals surface area contributed by atoms with Crippen molar-refractivity contribution in [2.45, 2.75) is 47.0 Å². The molecule has 2 aromatic rings. The minimum atomic E-state index is -0.342. The molecular formula is C23H29N3O3S. The van der Waals surface area contributed by atoms with Crippen molar-refractivity contribution in [3.63, 3.8) is 0 Å². The molecule has 3 amide bonds. The van der Waals surface area contributed by atoms with Gasteiger partial charge in [-0.3, -0.25) is 25.2 Å². The number of nitrogens with one attached hydrogen (secondary N) is 2. The van der Waals surface area contributed by atoms with Gasteiger partial charge in [-0.25, -0.2) is 0 Å². The van der Waals surface area contributed by atoms with Gasteiger partial charge in [-0.05, 0) is 63.8 Å². The van der Waals surface area contributed by atoms with Gasteiger partial charge >= 0.3 is 0 Å². The Hall–Kier alpha value is -2.67. The van der Waals surface area contributed by atoms with E-state index in [1.54, 1.807) is 4.90 Å². The van der Waals surface area contributed by atoms with Crippen molar-refractivity contribution in [1.82, 2.24) is 15.8 Å². The molecule has 0 aliphatic carbocycles. The molecule has 1 atom stereocenters. The van der Waals surface area contributed by atoms with Gasteiger partial charge in [0.05, 0.1) is 10.8 Å². The largest absolute Gasteiger partial charge is 0.338 e. The highest BCUT2D eigenvalue weighted by Gasteiger charge is 2.29. The highest BCUT2D eigenvalue weighted by atomic mass is 32.1. The number of hydrogen-bond donors (Lipinski definition) is 2. The molecule has 2 N–H and O–H groups in total. The first-order valence-electron chi connectivity index (χ1n) is 10.4. The van der Waals surface area contributed by atoms with Crippen molar-refractivity contribution < 1.29 is 14.4 Å². The Labute approximate surface area is 181 Å². The highest BCUT2D eigenvalue weighted by Crippen LogP contribution is 2.22. The lowest BCUT2D eigenvalue weighted by atomic mass is 9.96. The fourth-order valence-corrected chi connectivity index (χ4v) is 4.93. The van der Waals surface area contributed by atoms with Crippen LogP contribution >= 0.6 is 11.3 Å². The van der Waals surface area contributed by atoms with Crippen LogP contribution in [0.5, 0.6) is 0 Å². The molecule has 1 unspecified atom stereocenters. The first-order chi connectivity index (χ1) is 14.3. The molecule has 1 aliphatic heterocycles. The Balaban J connectivity index is 1.58. The Morgan fingerprint density at radius 1 is 1.07 bits per heavy atom. The third kappa shape index (κ3) is 5.08. The molecular weight excluding hydrogens is 398 g/mol. The van der Waals surface area contributed by atoms with E-state index in [2.05, 4.69) is 17.8 Å². The number of thiophene rings is 1. The van der Waals surface area contributed by atoms with Gasteiger partial charge in [0, 0.05) is 23.5 Å². The molecule has 6 nitrogen and oxygen atoms in total. The van der Waals surface area contributed by atoms with Gasteiger partial charge in [0.25, 0.3) is 11.8 Å². The van der Waals surface area contributed by atoms with Crippen LogP contribution in [0.1, 0.15) is 61.4 Å². The van der Waals surface area contributed by atoms with Crippen LogP contribution in [0.15, 0.2) is 24.3 Å². The Morgan fingerprint density at radius 3 is 2.40 bits per heavy atom. The smallest absolute Gasteiger partial charge is 0.279 e. The molecule has 0 saturated carbocycles. The third-order valence-electron chi connectivity index (χ3n) is 5.41. The second-order valence-corrected chi connectivity index (χ2v) is 9.12. The first-order valence-corrected chi connectivity index (χ1v) is 11.2. The number of nitrogens with zero attached hydrogens (tertiary/aromatic N) is 1. The van der Waals surface area contributed by atoms with Crippen LogP contribution in [0, 0.1) is 26.7 Å². The Morgan fingerprint density at radius 2 is 1.77 bits per heavy atom. The summed E-state index contributed by atoms with van der Waals surface area (Å²) >= 11 is 1.44. The summed E-state index contributed by atoms with van der Waals surface area (Å²) in [5.74, 6) is -0.963. The van der Waals surface area contributed by atoms with E-state index in [0.29, 0.717) is 30.0 Å². The van der Waals surface area contributed by atoms with Gasteiger partial charge in [-0.1, -0.05) is 24.1 Å². The minimum absolute atomic E-state index is 0.0514. The standard InChI is InChI=1S/C23H29N3O3S/c1-5-19-16(4)12-20(30-19)22(28)25-24-21(27)17-7-6-8-26(13-17)23(29)18-10-14(2)9-15(3)11-18/h9-12,17H,5-8,13H2,1-4H3,(H,24,27)(H,25,28). The summed E-state index contributed by atoms with van der Waals surface area (Å²) in [5.41, 5.74) is 8.90. The van der Waals surface area contributed by atoms with Crippen molar-refractivity contribution in [1.29, 1.82) is 0 Å². The van der Waals surface area contributed by atoms with E-state index in [-0.39, 0.29) is 23.6 Å². The number of hydrazine groups is 1. The molecule has 2 heterocycles. The van der Waals surface area contributed by atoms with Gasteiger partial charge in [0.15, 0.2) is 0 Å². The van der Waals surface area contributed by atoms with Crippen LogP contribution in [0.2, 0.25) is 0 Å². The van der Waals surface area contributed by atoms with Crippen molar-refractivity contribution in [2.24, 2.45) is 5.92 Å². The van der Waals surface area contributed by atoms with Crippen LogP contribution in [0.25, 0.3) is 0 Å². The summed E-state index contributed by atoms with van der Waals surface area (Å²) in [6.07, 6.45) is 2.32. The molecule has 0 spiro atoms. The molecule has 1 aromatic carbocycles. The number of hydrogen-bond acceptors (Lipinski definition) is 4. The molecule has 3 rings (SSSR count). The molecule has 30 heavy (non-hydrogen) atoms. The lowest BCUT2D eigenvalue weighted by molar-refractivity contribution is -0.127. The number of carbonyl (C=O) groups excluding carboxylic acids is 3. The second-order valence-electron chi connectivity index (χ2n) is 7.98. The van der Waals surface area contributed by atoms with E-state index in [1.165, 1.54) is 16.2 Å². The quantitative estimate of drug-likeness (QED) is 0.733. The SMILES string of the molecule is CCc1sc(C(=O)NNC(=O)C2CCCN(C(=O)c3cc(C)cc(C)c3)C2)cc1C. The normalized spacial score (nSPS) is 16.3. The predicted molar refractivity (Wildman–Crippen MR) is 119 cm³/mol. The van der Waals surface area contributed by atoms with E-state index >= 15 is 0 Å². The maximum absolute atomic E-state index is 12.9. The van der Waals surface area contributed by atoms with E-state index in [4.69, 9.17) is 0 Å². The highest BCUT2D eigenvalue weighted by molar-refractivity contribution is 7.14. The van der Waals surface area contributed by atoms with Gasteiger partial charge in [0.2, 0.25) is 5.91 Å². The van der Waals surface area contributed by atoms with Crippen LogP contribution in [-0.4, -0.2) is 35.7 Å². The van der Waals surface area contributed by atoms with Crippen molar-refractivity contribution >= 4 is 29.1 Å². The van der Waals surface area contributed by atoms with Crippen LogP contribution in [-0.2, 0) is 11.2 Å². The number of aryl methyl sites for hydroxylation is 4. The minimum Gasteiger partial charge on any atom is -0.338 e. The predicted octanol–water partition coefficient (Wildman–Crippen LogP) is 3.55. The number of piperidine rings is 1. The van der Waals surface area contributed by atoms with E-state index in [9.17, 15) is 14.4 Å². The third-order valence-corrected chi connectivity index (χ3v) is 6.79. The number of carbonyl (C=O) groups is 3. The summed E-state index contributed by atoms with van der Waals surface area (Å²) < 4.78 is 0. The number of likely N-dealkylation sites (tertiary alicyclic amines) is 1. The van der Waals surface area contributed by atoms with Gasteiger partial charge in [-0.2, -0.15) is 0 Å². The fraction of sp³-hybridized carbons (Fsp3) is 0.435. The number of rotatable bonds is 4.